The van der Waals surface area contributed by atoms with E-state index in [1.807, 2.05) is 25.7 Å². The molecule has 1 aromatic heterocycles. The van der Waals surface area contributed by atoms with Crippen molar-refractivity contribution < 1.29 is 0 Å². The number of guanidine groups is 1. The molecule has 0 radical (unpaired) electrons. The van der Waals surface area contributed by atoms with E-state index in [-0.39, 0.29) is 11.6 Å². The summed E-state index contributed by atoms with van der Waals surface area (Å²) >= 11 is 0. The van der Waals surface area contributed by atoms with Gasteiger partial charge in [-0.1, -0.05) is 44.2 Å². The largest absolute Gasteiger partial charge is 0.355 e. The summed E-state index contributed by atoms with van der Waals surface area (Å²) in [5.41, 5.74) is 4.77. The number of benzene rings is 1. The van der Waals surface area contributed by atoms with E-state index in [4.69, 9.17) is 0 Å². The standard InChI is InChI=1S/C23H38N6/c1-8-23(9-2,27-17(3)20-13-11-10-12-14-20)16-26-22(24-6)25-15-21-18(4)28-29(7)19(21)5/h10-14,17,27H,8-9,15-16H2,1-7H3,(H2,24,25,26). The van der Waals surface area contributed by atoms with Crippen LogP contribution in [0.4, 0.5) is 0 Å². The van der Waals surface area contributed by atoms with Gasteiger partial charge in [0.1, 0.15) is 0 Å². The van der Waals surface area contributed by atoms with Crippen LogP contribution in [-0.4, -0.2) is 34.9 Å². The van der Waals surface area contributed by atoms with Crippen molar-refractivity contribution in [3.8, 4) is 0 Å². The maximum Gasteiger partial charge on any atom is 0.191 e. The van der Waals surface area contributed by atoms with Crippen LogP contribution >= 0.6 is 0 Å². The third-order valence-electron chi connectivity index (χ3n) is 6.09. The quantitative estimate of drug-likeness (QED) is 0.446. The second-order valence-corrected chi connectivity index (χ2v) is 7.82. The molecule has 1 atom stereocenters. The van der Waals surface area contributed by atoms with Crippen molar-refractivity contribution in [2.24, 2.45) is 12.0 Å². The van der Waals surface area contributed by atoms with Gasteiger partial charge in [-0.2, -0.15) is 5.10 Å². The van der Waals surface area contributed by atoms with Crippen LogP contribution in [0.5, 0.6) is 0 Å². The molecule has 0 saturated carbocycles. The number of aryl methyl sites for hydroxylation is 2. The normalized spacial score (nSPS) is 13.4. The van der Waals surface area contributed by atoms with Crippen LogP contribution in [0.2, 0.25) is 0 Å². The fourth-order valence-electron chi connectivity index (χ4n) is 3.76. The first kappa shape index (κ1) is 22.9. The number of nitrogens with zero attached hydrogens (tertiary/aromatic N) is 3. The maximum absolute atomic E-state index is 4.49. The third-order valence-corrected chi connectivity index (χ3v) is 6.09. The summed E-state index contributed by atoms with van der Waals surface area (Å²) < 4.78 is 1.93. The minimum atomic E-state index is -0.00693. The summed E-state index contributed by atoms with van der Waals surface area (Å²) in [6, 6.07) is 10.9. The highest BCUT2D eigenvalue weighted by Crippen LogP contribution is 2.21. The van der Waals surface area contributed by atoms with Crippen molar-refractivity contribution in [3.05, 3.63) is 52.8 Å². The molecule has 29 heavy (non-hydrogen) atoms. The predicted molar refractivity (Wildman–Crippen MR) is 122 cm³/mol. The van der Waals surface area contributed by atoms with Crippen molar-refractivity contribution in [2.45, 2.75) is 65.6 Å². The molecule has 0 aliphatic rings. The van der Waals surface area contributed by atoms with Crippen molar-refractivity contribution >= 4 is 5.96 Å². The molecule has 3 N–H and O–H groups in total. The number of hydrogen-bond acceptors (Lipinski definition) is 3. The lowest BCUT2D eigenvalue weighted by molar-refractivity contribution is 0.271. The fraction of sp³-hybridized carbons (Fsp3) is 0.565. The molecule has 6 nitrogen and oxygen atoms in total. The molecule has 2 rings (SSSR count). The van der Waals surface area contributed by atoms with E-state index in [9.17, 15) is 0 Å². The van der Waals surface area contributed by atoms with Gasteiger partial charge in [0.15, 0.2) is 5.96 Å². The van der Waals surface area contributed by atoms with Gasteiger partial charge in [-0.05, 0) is 39.2 Å². The van der Waals surface area contributed by atoms with Crippen LogP contribution in [0.15, 0.2) is 35.3 Å². The number of hydrogen-bond donors (Lipinski definition) is 3. The summed E-state index contributed by atoms with van der Waals surface area (Å²) in [5, 5.41) is 15.3. The Morgan fingerprint density at radius 2 is 1.79 bits per heavy atom. The van der Waals surface area contributed by atoms with E-state index in [1.165, 1.54) is 16.8 Å². The molecule has 6 heteroatoms. The first-order valence-corrected chi connectivity index (χ1v) is 10.6. The SMILES string of the molecule is CCC(CC)(CNC(=NC)NCc1c(C)nn(C)c1C)NC(C)c1ccccc1. The first-order chi connectivity index (χ1) is 13.9. The Balaban J connectivity index is 2.00. The topological polar surface area (TPSA) is 66.3 Å². The van der Waals surface area contributed by atoms with Crippen LogP contribution in [0.25, 0.3) is 0 Å². The summed E-state index contributed by atoms with van der Waals surface area (Å²) in [7, 11) is 3.80. The molecule has 1 unspecified atom stereocenters. The first-order valence-electron chi connectivity index (χ1n) is 10.6. The number of aromatic nitrogens is 2. The summed E-state index contributed by atoms with van der Waals surface area (Å²) in [6.45, 7) is 12.4. The molecule has 1 heterocycles. The van der Waals surface area contributed by atoms with Crippen LogP contribution < -0.4 is 16.0 Å². The summed E-state index contributed by atoms with van der Waals surface area (Å²) in [5.74, 6) is 0.813. The second kappa shape index (κ2) is 10.4. The Morgan fingerprint density at radius 3 is 2.31 bits per heavy atom. The molecule has 2 aromatic rings. The van der Waals surface area contributed by atoms with Crippen molar-refractivity contribution in [2.75, 3.05) is 13.6 Å². The van der Waals surface area contributed by atoms with Crippen LogP contribution in [-0.2, 0) is 13.6 Å². The van der Waals surface area contributed by atoms with E-state index >= 15 is 0 Å². The van der Waals surface area contributed by atoms with Gasteiger partial charge in [-0.3, -0.25) is 9.67 Å². The highest BCUT2D eigenvalue weighted by molar-refractivity contribution is 5.79. The molecule has 0 aliphatic heterocycles. The number of aliphatic imine (C=N–C) groups is 1. The molecule has 0 spiro atoms. The fourth-order valence-corrected chi connectivity index (χ4v) is 3.76. The molecule has 0 amide bonds. The molecule has 0 bridgehead atoms. The van der Waals surface area contributed by atoms with Gasteiger partial charge in [0, 0.05) is 50.0 Å². The molecule has 160 valence electrons. The zero-order valence-corrected chi connectivity index (χ0v) is 19.1. The lowest BCUT2D eigenvalue weighted by Gasteiger charge is -2.37. The van der Waals surface area contributed by atoms with E-state index in [0.717, 1.165) is 31.0 Å². The average Bonchev–Trinajstić information content (AvgIpc) is 2.99. The van der Waals surface area contributed by atoms with Gasteiger partial charge in [-0.15, -0.1) is 0 Å². The van der Waals surface area contributed by atoms with Gasteiger partial charge in [-0.25, -0.2) is 0 Å². The molecule has 1 aromatic carbocycles. The Kier molecular flexibility index (Phi) is 8.26. The molecular formula is C23H38N6. The minimum absolute atomic E-state index is 0.00693. The highest BCUT2D eigenvalue weighted by atomic mass is 15.3. The number of rotatable bonds is 9. The Morgan fingerprint density at radius 1 is 1.14 bits per heavy atom. The van der Waals surface area contributed by atoms with Crippen LogP contribution in [0.3, 0.4) is 0 Å². The zero-order valence-electron chi connectivity index (χ0n) is 19.1. The van der Waals surface area contributed by atoms with Gasteiger partial charge >= 0.3 is 0 Å². The molecule has 0 fully saturated rings. The second-order valence-electron chi connectivity index (χ2n) is 7.82. The van der Waals surface area contributed by atoms with Crippen LogP contribution in [0.1, 0.15) is 62.2 Å². The van der Waals surface area contributed by atoms with Crippen molar-refractivity contribution in [3.63, 3.8) is 0 Å². The number of nitrogens with one attached hydrogen (secondary N) is 3. The third kappa shape index (κ3) is 5.82. The van der Waals surface area contributed by atoms with E-state index in [1.54, 1.807) is 0 Å². The monoisotopic (exact) mass is 398 g/mol. The van der Waals surface area contributed by atoms with Crippen molar-refractivity contribution in [1.82, 2.24) is 25.7 Å². The highest BCUT2D eigenvalue weighted by Gasteiger charge is 2.28. The Bertz CT molecular complexity index is 789. The van der Waals surface area contributed by atoms with Gasteiger partial charge < -0.3 is 16.0 Å². The van der Waals surface area contributed by atoms with E-state index in [0.29, 0.717) is 6.54 Å². The smallest absolute Gasteiger partial charge is 0.191 e. The van der Waals surface area contributed by atoms with Gasteiger partial charge in [0.2, 0.25) is 0 Å². The maximum atomic E-state index is 4.49. The van der Waals surface area contributed by atoms with Crippen LogP contribution in [0, 0.1) is 13.8 Å². The molecular weight excluding hydrogens is 360 g/mol. The summed E-state index contributed by atoms with van der Waals surface area (Å²) in [6.07, 6.45) is 2.07. The predicted octanol–water partition coefficient (Wildman–Crippen LogP) is 3.61. The zero-order chi connectivity index (χ0) is 21.4. The van der Waals surface area contributed by atoms with Gasteiger partial charge in [0.05, 0.1) is 5.69 Å². The Labute approximate surface area is 176 Å². The molecule has 0 aliphatic carbocycles. The van der Waals surface area contributed by atoms with E-state index < -0.39 is 0 Å². The summed E-state index contributed by atoms with van der Waals surface area (Å²) in [4.78, 5) is 4.42. The lowest BCUT2D eigenvalue weighted by atomic mass is 9.90. The average molecular weight is 399 g/mol. The molecule has 0 saturated heterocycles. The lowest BCUT2D eigenvalue weighted by Crippen LogP contribution is -2.55. The minimum Gasteiger partial charge on any atom is -0.355 e. The van der Waals surface area contributed by atoms with Gasteiger partial charge in [0.25, 0.3) is 0 Å². The Hall–Kier alpha value is -2.34. The van der Waals surface area contributed by atoms with E-state index in [2.05, 4.69) is 84.1 Å². The van der Waals surface area contributed by atoms with Crippen molar-refractivity contribution in [1.29, 1.82) is 0 Å².